The first-order valence-corrected chi connectivity index (χ1v) is 5.04. The van der Waals surface area contributed by atoms with Gasteiger partial charge >= 0.3 is 5.97 Å². The molecule has 5 heteroatoms. The number of hydrogen-bond donors (Lipinski definition) is 1. The molecular weight excluding hydrogens is 208 g/mol. The first-order valence-electron chi connectivity index (χ1n) is 5.04. The van der Waals surface area contributed by atoms with Crippen LogP contribution in [0.25, 0.3) is 0 Å². The third-order valence-corrected chi connectivity index (χ3v) is 1.80. The molecular formula is C11H14N2O3. The number of aliphatic hydroxyl groups excluding tert-OH is 1. The number of esters is 1. The number of nitriles is 2. The summed E-state index contributed by atoms with van der Waals surface area (Å²) in [6.45, 7) is 0.446. The molecule has 0 rings (SSSR count). The van der Waals surface area contributed by atoms with Gasteiger partial charge in [-0.2, -0.15) is 10.5 Å². The highest BCUT2D eigenvalue weighted by molar-refractivity contribution is 5.84. The maximum absolute atomic E-state index is 11.0. The van der Waals surface area contributed by atoms with E-state index >= 15 is 0 Å². The summed E-state index contributed by atoms with van der Waals surface area (Å²) < 4.78 is 4.78. The number of allylic oxidation sites excluding steroid dienone is 1. The molecule has 0 aliphatic rings. The lowest BCUT2D eigenvalue weighted by molar-refractivity contribution is -0.137. The van der Waals surface area contributed by atoms with Crippen molar-refractivity contribution in [3.63, 3.8) is 0 Å². The second kappa shape index (κ2) is 9.70. The van der Waals surface area contributed by atoms with Crippen molar-refractivity contribution in [2.75, 3.05) is 13.2 Å². The second-order valence-corrected chi connectivity index (χ2v) is 3.09. The van der Waals surface area contributed by atoms with Crippen LogP contribution in [0, 0.1) is 22.7 Å². The molecule has 0 spiro atoms. The van der Waals surface area contributed by atoms with Crippen molar-refractivity contribution < 1.29 is 14.6 Å². The Morgan fingerprint density at radius 1 is 1.19 bits per heavy atom. The number of ether oxygens (including phenoxy) is 1. The molecule has 5 nitrogen and oxygen atoms in total. The number of unbranched alkanes of at least 4 members (excludes halogenated alkanes) is 3. The Hall–Kier alpha value is -1.85. The number of aliphatic hydroxyl groups is 1. The molecule has 0 aliphatic heterocycles. The van der Waals surface area contributed by atoms with Gasteiger partial charge in [-0.15, -0.1) is 0 Å². The predicted molar refractivity (Wildman–Crippen MR) is 55.8 cm³/mol. The highest BCUT2D eigenvalue weighted by atomic mass is 16.5. The summed E-state index contributed by atoms with van der Waals surface area (Å²) in [5.74, 6) is -0.666. The predicted octanol–water partition coefficient (Wildman–Crippen LogP) is 1.06. The minimum absolute atomic E-state index is 0.177. The zero-order valence-electron chi connectivity index (χ0n) is 8.98. The fourth-order valence-corrected chi connectivity index (χ4v) is 0.989. The third kappa shape index (κ3) is 7.54. The Bertz CT molecular complexity index is 307. The van der Waals surface area contributed by atoms with E-state index in [4.69, 9.17) is 20.4 Å². The average molecular weight is 222 g/mol. The van der Waals surface area contributed by atoms with E-state index in [-0.39, 0.29) is 18.8 Å². The number of carbonyl (C=O) groups excluding carboxylic acids is 1. The number of hydrogen-bond acceptors (Lipinski definition) is 5. The van der Waals surface area contributed by atoms with E-state index in [1.54, 1.807) is 12.1 Å². The number of nitrogens with zero attached hydrogens (tertiary/aromatic N) is 2. The Balaban J connectivity index is 3.64. The summed E-state index contributed by atoms with van der Waals surface area (Å²) in [5, 5.41) is 25.3. The van der Waals surface area contributed by atoms with Crippen LogP contribution in [0.4, 0.5) is 0 Å². The SMILES string of the molecule is N#CC(C#N)=CC(=O)OCCCCCCO. The van der Waals surface area contributed by atoms with Crippen LogP contribution in [0.2, 0.25) is 0 Å². The van der Waals surface area contributed by atoms with Gasteiger partial charge in [0, 0.05) is 6.61 Å². The molecule has 16 heavy (non-hydrogen) atoms. The summed E-state index contributed by atoms with van der Waals surface area (Å²) in [5.41, 5.74) is -0.259. The van der Waals surface area contributed by atoms with Crippen molar-refractivity contribution in [1.82, 2.24) is 0 Å². The van der Waals surface area contributed by atoms with Gasteiger partial charge < -0.3 is 9.84 Å². The molecule has 0 aliphatic carbocycles. The average Bonchev–Trinajstić information content (AvgIpc) is 2.30. The van der Waals surface area contributed by atoms with Crippen LogP contribution in [0.15, 0.2) is 11.6 Å². The molecule has 0 radical (unpaired) electrons. The van der Waals surface area contributed by atoms with Gasteiger partial charge in [0.2, 0.25) is 0 Å². The van der Waals surface area contributed by atoms with Crippen LogP contribution in [0.5, 0.6) is 0 Å². The van der Waals surface area contributed by atoms with E-state index in [1.165, 1.54) is 0 Å². The summed E-state index contributed by atoms with van der Waals surface area (Å²) in [4.78, 5) is 11.0. The number of rotatable bonds is 7. The topological polar surface area (TPSA) is 94.1 Å². The summed E-state index contributed by atoms with van der Waals surface area (Å²) in [7, 11) is 0. The van der Waals surface area contributed by atoms with Crippen molar-refractivity contribution in [2.45, 2.75) is 25.7 Å². The van der Waals surface area contributed by atoms with Crippen molar-refractivity contribution in [3.05, 3.63) is 11.6 Å². The minimum Gasteiger partial charge on any atom is -0.462 e. The fraction of sp³-hybridized carbons (Fsp3) is 0.545. The first kappa shape index (κ1) is 14.2. The molecule has 0 aromatic rings. The molecule has 0 fully saturated rings. The van der Waals surface area contributed by atoms with Crippen LogP contribution < -0.4 is 0 Å². The van der Waals surface area contributed by atoms with E-state index in [2.05, 4.69) is 0 Å². The molecule has 0 saturated carbocycles. The summed E-state index contributed by atoms with van der Waals surface area (Å²) in [6, 6.07) is 3.14. The molecule has 1 N–H and O–H groups in total. The normalized spacial score (nSPS) is 8.69. The lowest BCUT2D eigenvalue weighted by Gasteiger charge is -2.01. The van der Waals surface area contributed by atoms with E-state index < -0.39 is 5.97 Å². The fourth-order valence-electron chi connectivity index (χ4n) is 0.989. The highest BCUT2D eigenvalue weighted by Gasteiger charge is 2.01. The van der Waals surface area contributed by atoms with Crippen molar-refractivity contribution in [1.29, 1.82) is 10.5 Å². The van der Waals surface area contributed by atoms with Gasteiger partial charge in [0.25, 0.3) is 0 Å². The molecule has 0 atom stereocenters. The van der Waals surface area contributed by atoms with Gasteiger partial charge in [-0.1, -0.05) is 6.42 Å². The largest absolute Gasteiger partial charge is 0.462 e. The smallest absolute Gasteiger partial charge is 0.332 e. The molecule has 0 heterocycles. The summed E-state index contributed by atoms with van der Waals surface area (Å²) in [6.07, 6.45) is 4.12. The molecule has 0 bridgehead atoms. The highest BCUT2D eigenvalue weighted by Crippen LogP contribution is 2.00. The first-order chi connectivity index (χ1) is 7.74. The van der Waals surface area contributed by atoms with E-state index in [1.807, 2.05) is 0 Å². The molecule has 86 valence electrons. The Labute approximate surface area is 94.6 Å². The molecule has 0 aromatic carbocycles. The lowest BCUT2D eigenvalue weighted by atomic mass is 10.2. The van der Waals surface area contributed by atoms with Crippen LogP contribution in [-0.2, 0) is 9.53 Å². The lowest BCUT2D eigenvalue weighted by Crippen LogP contribution is -2.03. The van der Waals surface area contributed by atoms with Crippen molar-refractivity contribution >= 4 is 5.97 Å². The number of carbonyl (C=O) groups is 1. The third-order valence-electron chi connectivity index (χ3n) is 1.80. The quantitative estimate of drug-likeness (QED) is 0.301. The monoisotopic (exact) mass is 222 g/mol. The zero-order valence-corrected chi connectivity index (χ0v) is 8.98. The van der Waals surface area contributed by atoms with Gasteiger partial charge in [0.1, 0.15) is 17.7 Å². The molecule has 0 unspecified atom stereocenters. The maximum Gasteiger partial charge on any atom is 0.332 e. The Morgan fingerprint density at radius 3 is 2.38 bits per heavy atom. The molecule has 0 amide bonds. The van der Waals surface area contributed by atoms with Crippen molar-refractivity contribution in [2.24, 2.45) is 0 Å². The van der Waals surface area contributed by atoms with E-state index in [9.17, 15) is 4.79 Å². The summed E-state index contributed by atoms with van der Waals surface area (Å²) >= 11 is 0. The van der Waals surface area contributed by atoms with Gasteiger partial charge in [0.15, 0.2) is 0 Å². The van der Waals surface area contributed by atoms with Gasteiger partial charge in [-0.3, -0.25) is 0 Å². The van der Waals surface area contributed by atoms with E-state index in [0.717, 1.165) is 25.3 Å². The molecule has 0 aromatic heterocycles. The van der Waals surface area contributed by atoms with E-state index in [0.29, 0.717) is 6.42 Å². The maximum atomic E-state index is 11.0. The van der Waals surface area contributed by atoms with Crippen LogP contribution in [0.1, 0.15) is 25.7 Å². The minimum atomic E-state index is -0.666. The van der Waals surface area contributed by atoms with Crippen LogP contribution in [0.3, 0.4) is 0 Å². The van der Waals surface area contributed by atoms with Gasteiger partial charge in [0.05, 0.1) is 12.7 Å². The van der Waals surface area contributed by atoms with Gasteiger partial charge in [-0.05, 0) is 19.3 Å². The second-order valence-electron chi connectivity index (χ2n) is 3.09. The Kier molecular flexibility index (Phi) is 8.57. The molecule has 0 saturated heterocycles. The zero-order chi connectivity index (χ0) is 12.2. The van der Waals surface area contributed by atoms with Crippen molar-refractivity contribution in [3.8, 4) is 12.1 Å². The van der Waals surface area contributed by atoms with Gasteiger partial charge in [-0.25, -0.2) is 4.79 Å². The van der Waals surface area contributed by atoms with Crippen LogP contribution >= 0.6 is 0 Å². The standard InChI is InChI=1S/C11H14N2O3/c12-8-10(9-13)7-11(15)16-6-4-2-1-3-5-14/h7,14H,1-6H2. The Morgan fingerprint density at radius 2 is 1.81 bits per heavy atom. The van der Waals surface area contributed by atoms with Crippen LogP contribution in [-0.4, -0.2) is 24.3 Å².